The molecule has 1 aromatic rings. The Balaban J connectivity index is 0. The van der Waals surface area contributed by atoms with Gasteiger partial charge in [-0.2, -0.15) is 0 Å². The standard InChI is InChI=1S/C6H6O2.CH2O3.K/c7-5-2-1-3-6(8)4-5;2-1(3)4;/h1-4,7-8H;(H2,2,3,4);/q;;+1/p-1. The average molecular weight is 210 g/mol. The van der Waals surface area contributed by atoms with Crippen LogP contribution in [0.4, 0.5) is 4.79 Å². The van der Waals surface area contributed by atoms with Crippen LogP contribution in [0.1, 0.15) is 0 Å². The zero-order valence-corrected chi connectivity index (χ0v) is 10.1. The number of hydrogen-bond acceptors (Lipinski definition) is 4. The largest absolute Gasteiger partial charge is 1.00 e. The number of benzene rings is 1. The van der Waals surface area contributed by atoms with Gasteiger partial charge in [-0.1, -0.05) is 6.07 Å². The molecule has 0 aromatic heterocycles. The second-order valence-electron chi connectivity index (χ2n) is 1.79. The summed E-state index contributed by atoms with van der Waals surface area (Å²) in [6, 6.07) is 5.85. The maximum Gasteiger partial charge on any atom is 1.00 e. The minimum atomic E-state index is -2.08. The van der Waals surface area contributed by atoms with Crippen LogP contribution in [-0.2, 0) is 0 Å². The van der Waals surface area contributed by atoms with E-state index in [4.69, 9.17) is 25.2 Å². The average Bonchev–Trinajstić information content (AvgIpc) is 1.84. The molecule has 0 aliphatic carbocycles. The Bertz CT molecular complexity index is 242. The van der Waals surface area contributed by atoms with E-state index < -0.39 is 6.16 Å². The fourth-order valence-electron chi connectivity index (χ4n) is 0.493. The Labute approximate surface area is 117 Å². The van der Waals surface area contributed by atoms with Crippen molar-refractivity contribution in [2.75, 3.05) is 0 Å². The van der Waals surface area contributed by atoms with E-state index >= 15 is 0 Å². The van der Waals surface area contributed by atoms with Gasteiger partial charge in [-0.05, 0) is 12.1 Å². The van der Waals surface area contributed by atoms with Crippen LogP contribution in [0.25, 0.3) is 0 Å². The number of carboxylic acid groups (broad SMARTS) is 2. The van der Waals surface area contributed by atoms with E-state index in [1.807, 2.05) is 0 Å². The second-order valence-corrected chi connectivity index (χ2v) is 1.79. The summed E-state index contributed by atoms with van der Waals surface area (Å²) >= 11 is 0. The van der Waals surface area contributed by atoms with Crippen LogP contribution < -0.4 is 56.5 Å². The molecule has 5 nitrogen and oxygen atoms in total. The summed E-state index contributed by atoms with van der Waals surface area (Å²) in [5, 5.41) is 32.6. The molecule has 0 unspecified atom stereocenters. The van der Waals surface area contributed by atoms with E-state index in [-0.39, 0.29) is 62.9 Å². The van der Waals surface area contributed by atoms with E-state index in [0.29, 0.717) is 0 Å². The predicted molar refractivity (Wildman–Crippen MR) is 37.8 cm³/mol. The molecule has 0 aliphatic heterocycles. The summed E-state index contributed by atoms with van der Waals surface area (Å²) < 4.78 is 0. The molecule has 0 heterocycles. The first-order chi connectivity index (χ1) is 5.52. The molecule has 1 rings (SSSR count). The Morgan fingerprint density at radius 2 is 1.54 bits per heavy atom. The normalized spacial score (nSPS) is 7.38. The molecule has 0 saturated carbocycles. The molecule has 0 bridgehead atoms. The number of rotatable bonds is 0. The third kappa shape index (κ3) is 11.7. The van der Waals surface area contributed by atoms with Gasteiger partial charge in [-0.3, -0.25) is 0 Å². The van der Waals surface area contributed by atoms with Gasteiger partial charge in [0.15, 0.2) is 0 Å². The first kappa shape index (κ1) is 15.2. The quantitative estimate of drug-likeness (QED) is 0.396. The van der Waals surface area contributed by atoms with Gasteiger partial charge in [0.25, 0.3) is 0 Å². The van der Waals surface area contributed by atoms with Crippen LogP contribution in [0.3, 0.4) is 0 Å². The first-order valence-corrected chi connectivity index (χ1v) is 2.90. The molecule has 0 atom stereocenters. The summed E-state index contributed by atoms with van der Waals surface area (Å²) in [5.41, 5.74) is 0. The van der Waals surface area contributed by atoms with Crippen molar-refractivity contribution in [3.05, 3.63) is 24.3 Å². The topological polar surface area (TPSA) is 101 Å². The van der Waals surface area contributed by atoms with Gasteiger partial charge in [-0.15, -0.1) is 0 Å². The van der Waals surface area contributed by atoms with Crippen molar-refractivity contribution < 1.29 is 76.6 Å². The van der Waals surface area contributed by atoms with Crippen molar-refractivity contribution in [3.8, 4) is 11.5 Å². The zero-order chi connectivity index (χ0) is 9.56. The minimum Gasteiger partial charge on any atom is -0.565 e. The third-order valence-electron chi connectivity index (χ3n) is 0.830. The summed E-state index contributed by atoms with van der Waals surface area (Å²) in [6.45, 7) is 0. The Morgan fingerprint density at radius 3 is 1.69 bits per heavy atom. The molecule has 0 spiro atoms. The fraction of sp³-hybridized carbons (Fsp3) is 0. The second kappa shape index (κ2) is 8.33. The molecule has 0 radical (unpaired) electrons. The third-order valence-corrected chi connectivity index (χ3v) is 0.830. The SMILES string of the molecule is O=C([O-])O.Oc1cccc(O)c1.[K+]. The molecule has 6 heteroatoms. The minimum absolute atomic E-state index is 0. The molecule has 66 valence electrons. The maximum absolute atomic E-state index is 8.65. The van der Waals surface area contributed by atoms with Gasteiger partial charge in [0.05, 0.1) is 0 Å². The molecular weight excluding hydrogens is 203 g/mol. The molecule has 0 aliphatic rings. The Morgan fingerprint density at radius 1 is 1.23 bits per heavy atom. The van der Waals surface area contributed by atoms with E-state index in [2.05, 4.69) is 0 Å². The van der Waals surface area contributed by atoms with Crippen LogP contribution in [0, 0.1) is 0 Å². The van der Waals surface area contributed by atoms with E-state index in [1.165, 1.54) is 18.2 Å². The number of phenols is 2. The molecule has 3 N–H and O–H groups in total. The first-order valence-electron chi connectivity index (χ1n) is 2.90. The molecular formula is C7H7KO5. The molecule has 0 amide bonds. The van der Waals surface area contributed by atoms with E-state index in [9.17, 15) is 0 Å². The number of phenolic OH excluding ortho intramolecular Hbond substituents is 2. The molecule has 1 aromatic carbocycles. The van der Waals surface area contributed by atoms with Crippen LogP contribution in [0.15, 0.2) is 24.3 Å². The van der Waals surface area contributed by atoms with Crippen LogP contribution >= 0.6 is 0 Å². The smallest absolute Gasteiger partial charge is 0.565 e. The van der Waals surface area contributed by atoms with Gasteiger partial charge < -0.3 is 25.2 Å². The van der Waals surface area contributed by atoms with Gasteiger partial charge in [0.1, 0.15) is 11.5 Å². The fourth-order valence-corrected chi connectivity index (χ4v) is 0.493. The van der Waals surface area contributed by atoms with Crippen LogP contribution in [-0.4, -0.2) is 21.5 Å². The van der Waals surface area contributed by atoms with Crippen molar-refractivity contribution in [1.29, 1.82) is 0 Å². The van der Waals surface area contributed by atoms with Crippen LogP contribution in [0.5, 0.6) is 11.5 Å². The van der Waals surface area contributed by atoms with Gasteiger partial charge >= 0.3 is 51.4 Å². The van der Waals surface area contributed by atoms with Crippen molar-refractivity contribution in [2.24, 2.45) is 0 Å². The number of hydrogen-bond donors (Lipinski definition) is 3. The Kier molecular flexibility index (Phi) is 9.75. The van der Waals surface area contributed by atoms with Crippen LogP contribution in [0.2, 0.25) is 0 Å². The van der Waals surface area contributed by atoms with E-state index in [1.54, 1.807) is 6.07 Å². The Hall–Kier alpha value is -0.274. The van der Waals surface area contributed by atoms with E-state index in [0.717, 1.165) is 0 Å². The molecule has 0 saturated heterocycles. The summed E-state index contributed by atoms with van der Waals surface area (Å²) in [5.74, 6) is 0.176. The van der Waals surface area contributed by atoms with Crippen molar-refractivity contribution in [1.82, 2.24) is 0 Å². The predicted octanol–water partition coefficient (Wildman–Crippen LogP) is -3.01. The van der Waals surface area contributed by atoms with Crippen molar-refractivity contribution in [2.45, 2.75) is 0 Å². The van der Waals surface area contributed by atoms with Crippen molar-refractivity contribution in [3.63, 3.8) is 0 Å². The van der Waals surface area contributed by atoms with Crippen molar-refractivity contribution >= 4 is 6.16 Å². The number of carbonyl (C=O) groups is 1. The zero-order valence-electron chi connectivity index (χ0n) is 6.97. The number of aromatic hydroxyl groups is 2. The summed E-state index contributed by atoms with van der Waals surface area (Å²) in [7, 11) is 0. The monoisotopic (exact) mass is 210 g/mol. The summed E-state index contributed by atoms with van der Waals surface area (Å²) in [4.78, 5) is 8.44. The van der Waals surface area contributed by atoms with Gasteiger partial charge in [-0.25, -0.2) is 0 Å². The summed E-state index contributed by atoms with van der Waals surface area (Å²) in [6.07, 6.45) is -2.08. The van der Waals surface area contributed by atoms with Gasteiger partial charge in [0, 0.05) is 6.07 Å². The van der Waals surface area contributed by atoms with Gasteiger partial charge in [0.2, 0.25) is 6.16 Å². The maximum atomic E-state index is 8.65. The molecule has 0 fully saturated rings. The molecule has 13 heavy (non-hydrogen) atoms.